The molecule has 13 nitrogen and oxygen atoms in total. The topological polar surface area (TPSA) is 168 Å². The molecule has 0 fully saturated rings. The second kappa shape index (κ2) is 19.4. The number of nitrogens with zero attached hydrogens (tertiary/aromatic N) is 2. The molecule has 4 N–H and O–H groups in total. The summed E-state index contributed by atoms with van der Waals surface area (Å²) in [5, 5.41) is 20.2. The van der Waals surface area contributed by atoms with Crippen LogP contribution < -0.4 is 16.0 Å². The van der Waals surface area contributed by atoms with Gasteiger partial charge in [-0.25, -0.2) is 14.4 Å². The van der Waals surface area contributed by atoms with E-state index >= 15 is 0 Å². The SMILES string of the molecule is CC(O)CN(CC(CCCN=C(NC(=O)OC(C)(C)C)NC(=O)OC(C)(C)C)NC(=O)OCc1ccccc1)C(=O)Cc1ccc2ccccc2c1. The number of hydrogen-bond acceptors (Lipinski definition) is 9. The quantitative estimate of drug-likeness (QED) is 0.0715. The first-order valence-corrected chi connectivity index (χ1v) is 17.4. The molecule has 3 aromatic rings. The minimum atomic E-state index is -0.823. The molecule has 0 saturated carbocycles. The number of aliphatic hydroxyl groups is 1. The molecule has 3 aromatic carbocycles. The fourth-order valence-electron chi connectivity index (χ4n) is 5.08. The van der Waals surface area contributed by atoms with Gasteiger partial charge in [0.15, 0.2) is 0 Å². The zero-order valence-electron chi connectivity index (χ0n) is 31.2. The first-order valence-electron chi connectivity index (χ1n) is 17.4. The zero-order chi connectivity index (χ0) is 38.3. The van der Waals surface area contributed by atoms with Crippen molar-refractivity contribution in [3.8, 4) is 0 Å². The van der Waals surface area contributed by atoms with Crippen LogP contribution in [0.4, 0.5) is 14.4 Å². The molecular weight excluding hydrogens is 666 g/mol. The zero-order valence-corrected chi connectivity index (χ0v) is 31.2. The predicted molar refractivity (Wildman–Crippen MR) is 200 cm³/mol. The van der Waals surface area contributed by atoms with Gasteiger partial charge in [-0.2, -0.15) is 0 Å². The number of nitrogens with one attached hydrogen (secondary N) is 3. The molecule has 0 heterocycles. The van der Waals surface area contributed by atoms with Gasteiger partial charge in [0.2, 0.25) is 11.9 Å². The van der Waals surface area contributed by atoms with E-state index in [1.54, 1.807) is 48.5 Å². The van der Waals surface area contributed by atoms with Gasteiger partial charge in [0.1, 0.15) is 17.8 Å². The first-order chi connectivity index (χ1) is 24.5. The van der Waals surface area contributed by atoms with Crippen LogP contribution in [0.1, 0.15) is 72.4 Å². The highest BCUT2D eigenvalue weighted by Crippen LogP contribution is 2.17. The molecule has 0 aliphatic carbocycles. The van der Waals surface area contributed by atoms with Crippen molar-refractivity contribution in [3.63, 3.8) is 0 Å². The maximum atomic E-state index is 13.7. The monoisotopic (exact) mass is 719 g/mol. The average Bonchev–Trinajstić information content (AvgIpc) is 3.03. The van der Waals surface area contributed by atoms with E-state index in [0.717, 1.165) is 21.9 Å². The summed E-state index contributed by atoms with van der Waals surface area (Å²) in [7, 11) is 0. The molecule has 0 aromatic heterocycles. The molecule has 0 aliphatic rings. The normalized spacial score (nSPS) is 12.5. The minimum absolute atomic E-state index is 0.0472. The van der Waals surface area contributed by atoms with Crippen molar-refractivity contribution in [2.24, 2.45) is 4.99 Å². The number of guanidine groups is 1. The number of ether oxygens (including phenoxy) is 3. The van der Waals surface area contributed by atoms with Crippen LogP contribution in [-0.2, 0) is 32.0 Å². The summed E-state index contributed by atoms with van der Waals surface area (Å²) in [5.41, 5.74) is 0.0488. The molecule has 2 unspecified atom stereocenters. The fourth-order valence-corrected chi connectivity index (χ4v) is 5.08. The van der Waals surface area contributed by atoms with E-state index in [1.807, 2.05) is 72.8 Å². The number of aliphatic imine (C=N–C) groups is 1. The van der Waals surface area contributed by atoms with Crippen molar-refractivity contribution in [1.29, 1.82) is 0 Å². The summed E-state index contributed by atoms with van der Waals surface area (Å²) in [6, 6.07) is 22.4. The maximum absolute atomic E-state index is 13.7. The summed E-state index contributed by atoms with van der Waals surface area (Å²) in [6.07, 6.45) is -2.34. The third-order valence-corrected chi connectivity index (χ3v) is 7.20. The van der Waals surface area contributed by atoms with E-state index in [-0.39, 0.29) is 44.5 Å². The maximum Gasteiger partial charge on any atom is 0.414 e. The van der Waals surface area contributed by atoms with Crippen molar-refractivity contribution in [1.82, 2.24) is 20.9 Å². The second-order valence-corrected chi connectivity index (χ2v) is 14.5. The van der Waals surface area contributed by atoms with E-state index in [9.17, 15) is 24.3 Å². The Bertz CT molecular complexity index is 1630. The third kappa shape index (κ3) is 16.2. The van der Waals surface area contributed by atoms with Gasteiger partial charge >= 0.3 is 18.3 Å². The molecular formula is C39H53N5O8. The van der Waals surface area contributed by atoms with Gasteiger partial charge in [0.25, 0.3) is 0 Å². The van der Waals surface area contributed by atoms with Crippen LogP contribution in [0.25, 0.3) is 10.8 Å². The van der Waals surface area contributed by atoms with Gasteiger partial charge < -0.3 is 29.5 Å². The molecule has 3 rings (SSSR count). The number of hydrogen-bond donors (Lipinski definition) is 4. The molecule has 2 atom stereocenters. The molecule has 0 saturated heterocycles. The highest BCUT2D eigenvalue weighted by atomic mass is 16.6. The van der Waals surface area contributed by atoms with Crippen molar-refractivity contribution >= 4 is 40.9 Å². The van der Waals surface area contributed by atoms with Crippen LogP contribution in [0.5, 0.6) is 0 Å². The lowest BCUT2D eigenvalue weighted by Crippen LogP contribution is -2.48. The van der Waals surface area contributed by atoms with Gasteiger partial charge in [-0.3, -0.25) is 20.4 Å². The largest absolute Gasteiger partial charge is 0.445 e. The van der Waals surface area contributed by atoms with Crippen LogP contribution in [0.3, 0.4) is 0 Å². The van der Waals surface area contributed by atoms with E-state index in [0.29, 0.717) is 12.8 Å². The number of carbonyl (C=O) groups excluding carboxylic acids is 4. The summed E-state index contributed by atoms with van der Waals surface area (Å²) < 4.78 is 16.1. The average molecular weight is 720 g/mol. The summed E-state index contributed by atoms with van der Waals surface area (Å²) in [6.45, 7) is 12.1. The van der Waals surface area contributed by atoms with Crippen molar-refractivity contribution < 1.29 is 38.5 Å². The lowest BCUT2D eigenvalue weighted by molar-refractivity contribution is -0.132. The molecule has 0 aliphatic heterocycles. The smallest absolute Gasteiger partial charge is 0.414 e. The molecule has 4 amide bonds. The Morgan fingerprint density at radius 3 is 1.96 bits per heavy atom. The van der Waals surface area contributed by atoms with E-state index in [1.165, 1.54) is 4.90 Å². The van der Waals surface area contributed by atoms with E-state index in [2.05, 4.69) is 20.9 Å². The summed E-state index contributed by atoms with van der Waals surface area (Å²) >= 11 is 0. The van der Waals surface area contributed by atoms with Crippen molar-refractivity contribution in [2.75, 3.05) is 19.6 Å². The Morgan fingerprint density at radius 1 is 0.769 bits per heavy atom. The molecule has 0 spiro atoms. The summed E-state index contributed by atoms with van der Waals surface area (Å²) in [4.78, 5) is 57.6. The Labute approximate surface area is 306 Å². The van der Waals surface area contributed by atoms with Gasteiger partial charge in [0.05, 0.1) is 12.5 Å². The van der Waals surface area contributed by atoms with Crippen LogP contribution in [0, 0.1) is 0 Å². The Kier molecular flexibility index (Phi) is 15.4. The number of fused-ring (bicyclic) bond motifs is 1. The lowest BCUT2D eigenvalue weighted by Gasteiger charge is -2.29. The van der Waals surface area contributed by atoms with Crippen LogP contribution in [-0.4, -0.2) is 83.1 Å². The van der Waals surface area contributed by atoms with E-state index in [4.69, 9.17) is 14.2 Å². The predicted octanol–water partition coefficient (Wildman–Crippen LogP) is 6.07. The van der Waals surface area contributed by atoms with E-state index < -0.39 is 41.6 Å². The Morgan fingerprint density at radius 2 is 1.37 bits per heavy atom. The first kappa shape index (κ1) is 41.3. The van der Waals surface area contributed by atoms with Crippen LogP contribution >= 0.6 is 0 Å². The van der Waals surface area contributed by atoms with Gasteiger partial charge in [0, 0.05) is 25.7 Å². The van der Waals surface area contributed by atoms with Crippen molar-refractivity contribution in [3.05, 3.63) is 83.9 Å². The van der Waals surface area contributed by atoms with Crippen molar-refractivity contribution in [2.45, 2.75) is 97.7 Å². The molecule has 282 valence electrons. The van der Waals surface area contributed by atoms with Crippen LogP contribution in [0.2, 0.25) is 0 Å². The third-order valence-electron chi connectivity index (χ3n) is 7.20. The molecule has 0 bridgehead atoms. The standard InChI is InChI=1S/C39H53N5O8/c1-27(45)24-44(33(46)23-29-19-20-30-16-11-12-17-31(30)22-29)25-32(41-35(47)50-26-28-14-9-8-10-15-28)18-13-21-40-34(42-36(48)51-38(2,3)4)43-37(49)52-39(5,6)7/h8-12,14-17,19-20,22,27,32,45H,13,18,21,23-26H2,1-7H3,(H,41,47)(H2,40,42,43,48,49). The second-order valence-electron chi connectivity index (χ2n) is 14.5. The summed E-state index contributed by atoms with van der Waals surface area (Å²) in [5.74, 6) is -0.388. The Hall–Kier alpha value is -5.17. The fraction of sp³-hybridized carbons (Fsp3) is 0.462. The number of carbonyl (C=O) groups is 4. The highest BCUT2D eigenvalue weighted by Gasteiger charge is 2.24. The van der Waals surface area contributed by atoms with Gasteiger partial charge in [-0.05, 0) is 83.2 Å². The molecule has 52 heavy (non-hydrogen) atoms. The number of benzene rings is 3. The van der Waals surface area contributed by atoms with Gasteiger partial charge in [-0.15, -0.1) is 0 Å². The number of rotatable bonds is 13. The highest BCUT2D eigenvalue weighted by molar-refractivity contribution is 6.01. The lowest BCUT2D eigenvalue weighted by atomic mass is 10.0. The number of aliphatic hydroxyl groups excluding tert-OH is 1. The molecule has 0 radical (unpaired) electrons. The van der Waals surface area contributed by atoms with Gasteiger partial charge in [-0.1, -0.05) is 72.8 Å². The Balaban J connectivity index is 1.76. The molecule has 13 heteroatoms. The number of amides is 4. The van der Waals surface area contributed by atoms with Crippen LogP contribution in [0.15, 0.2) is 77.8 Å². The number of alkyl carbamates (subject to hydrolysis) is 3. The minimum Gasteiger partial charge on any atom is -0.445 e.